The smallest absolute Gasteiger partial charge is 0.203 e. The van der Waals surface area contributed by atoms with Crippen LogP contribution in [0.5, 0.6) is 0 Å². The van der Waals surface area contributed by atoms with E-state index in [-0.39, 0.29) is 5.41 Å². The number of nitrogens with zero attached hydrogens (tertiary/aromatic N) is 1. The topological polar surface area (TPSA) is 52.0 Å². The molecule has 0 amide bonds. The monoisotopic (exact) mass is 296 g/mol. The average molecular weight is 297 g/mol. The van der Waals surface area contributed by atoms with Crippen LogP contribution in [0.2, 0.25) is 0 Å². The van der Waals surface area contributed by atoms with E-state index in [2.05, 4.69) is 20.9 Å². The number of benzene rings is 1. The number of fused-ring (bicyclic) bond motifs is 1. The number of nitrogens with two attached hydrogens (primary N) is 1. The van der Waals surface area contributed by atoms with Crippen LogP contribution in [0.25, 0.3) is 11.1 Å². The third-order valence-corrected chi connectivity index (χ3v) is 4.14. The molecule has 0 unspecified atom stereocenters. The Balaban J connectivity index is 2.62. The second kappa shape index (κ2) is 3.82. The molecule has 0 atom stereocenters. The van der Waals surface area contributed by atoms with Crippen molar-refractivity contribution in [3.05, 3.63) is 28.6 Å². The molecule has 0 aliphatic rings. The maximum absolute atomic E-state index is 6.19. The highest BCUT2D eigenvalue weighted by Crippen LogP contribution is 2.35. The highest BCUT2D eigenvalue weighted by molar-refractivity contribution is 9.10. The van der Waals surface area contributed by atoms with E-state index < -0.39 is 5.54 Å². The van der Waals surface area contributed by atoms with Gasteiger partial charge in [0.1, 0.15) is 5.52 Å². The van der Waals surface area contributed by atoms with Crippen molar-refractivity contribution in [2.75, 3.05) is 0 Å². The number of rotatable bonds is 2. The van der Waals surface area contributed by atoms with E-state index >= 15 is 0 Å². The molecule has 0 fully saturated rings. The second-order valence-corrected chi connectivity index (χ2v) is 6.31. The minimum absolute atomic E-state index is 0.328. The standard InChI is InChI=1S/C13H17BrN2O/c1-12(2,13(3,4)15)11-16-9-7-5-6-8(14)10(9)17-11/h5-7H,15H2,1-4H3. The maximum atomic E-state index is 6.19. The highest BCUT2D eigenvalue weighted by atomic mass is 79.9. The Hall–Kier alpha value is -0.870. The zero-order chi connectivity index (χ0) is 12.8. The van der Waals surface area contributed by atoms with Gasteiger partial charge in [-0.25, -0.2) is 4.98 Å². The lowest BCUT2D eigenvalue weighted by Crippen LogP contribution is -2.50. The predicted octanol–water partition coefficient (Wildman–Crippen LogP) is 3.61. The van der Waals surface area contributed by atoms with Gasteiger partial charge in [0, 0.05) is 5.54 Å². The van der Waals surface area contributed by atoms with Crippen molar-refractivity contribution in [1.82, 2.24) is 4.98 Å². The first kappa shape index (κ1) is 12.6. The molecule has 0 spiro atoms. The molecular formula is C13H17BrN2O. The lowest BCUT2D eigenvalue weighted by molar-refractivity contribution is 0.251. The molecule has 0 aliphatic heterocycles. The van der Waals surface area contributed by atoms with Gasteiger partial charge in [-0.2, -0.15) is 0 Å². The minimum Gasteiger partial charge on any atom is -0.439 e. The SMILES string of the molecule is CC(C)(N)C(C)(C)c1nc2cccc(Br)c2o1. The molecular weight excluding hydrogens is 280 g/mol. The molecule has 0 saturated heterocycles. The third kappa shape index (κ3) is 2.00. The lowest BCUT2D eigenvalue weighted by atomic mass is 9.75. The molecule has 17 heavy (non-hydrogen) atoms. The van der Waals surface area contributed by atoms with Crippen molar-refractivity contribution in [2.24, 2.45) is 5.73 Å². The van der Waals surface area contributed by atoms with E-state index in [1.165, 1.54) is 0 Å². The van der Waals surface area contributed by atoms with E-state index in [1.54, 1.807) is 0 Å². The summed E-state index contributed by atoms with van der Waals surface area (Å²) in [4.78, 5) is 4.54. The molecule has 0 radical (unpaired) electrons. The summed E-state index contributed by atoms with van der Waals surface area (Å²) in [6.07, 6.45) is 0. The first-order valence-corrected chi connectivity index (χ1v) is 6.37. The van der Waals surface area contributed by atoms with Crippen LogP contribution in [0.1, 0.15) is 33.6 Å². The van der Waals surface area contributed by atoms with Crippen LogP contribution in [0.4, 0.5) is 0 Å². The van der Waals surface area contributed by atoms with Gasteiger partial charge in [0.2, 0.25) is 5.89 Å². The Morgan fingerprint density at radius 3 is 2.41 bits per heavy atom. The molecule has 2 aromatic rings. The summed E-state index contributed by atoms with van der Waals surface area (Å²) in [7, 11) is 0. The second-order valence-electron chi connectivity index (χ2n) is 5.45. The highest BCUT2D eigenvalue weighted by Gasteiger charge is 2.39. The van der Waals surface area contributed by atoms with Gasteiger partial charge >= 0.3 is 0 Å². The lowest BCUT2D eigenvalue weighted by Gasteiger charge is -2.35. The quantitative estimate of drug-likeness (QED) is 0.921. The molecule has 3 nitrogen and oxygen atoms in total. The van der Waals surface area contributed by atoms with Crippen molar-refractivity contribution < 1.29 is 4.42 Å². The average Bonchev–Trinajstić information content (AvgIpc) is 2.61. The number of oxazole rings is 1. The van der Waals surface area contributed by atoms with Crippen LogP contribution in [-0.4, -0.2) is 10.5 Å². The Morgan fingerprint density at radius 2 is 1.88 bits per heavy atom. The van der Waals surface area contributed by atoms with Gasteiger partial charge in [0.25, 0.3) is 0 Å². The fraction of sp³-hybridized carbons (Fsp3) is 0.462. The molecule has 2 rings (SSSR count). The van der Waals surface area contributed by atoms with Crippen LogP contribution >= 0.6 is 15.9 Å². The molecule has 1 aromatic heterocycles. The predicted molar refractivity (Wildman–Crippen MR) is 73.0 cm³/mol. The Kier molecular flexibility index (Phi) is 2.83. The molecule has 0 aliphatic carbocycles. The van der Waals surface area contributed by atoms with Gasteiger partial charge in [-0.15, -0.1) is 0 Å². The zero-order valence-electron chi connectivity index (χ0n) is 10.5. The summed E-state index contributed by atoms with van der Waals surface area (Å²) >= 11 is 3.46. The van der Waals surface area contributed by atoms with Crippen LogP contribution in [0.15, 0.2) is 27.1 Å². The normalized spacial score (nSPS) is 13.3. The molecule has 0 bridgehead atoms. The van der Waals surface area contributed by atoms with E-state index in [9.17, 15) is 0 Å². The van der Waals surface area contributed by atoms with Crippen molar-refractivity contribution in [3.8, 4) is 0 Å². The van der Waals surface area contributed by atoms with Crippen LogP contribution in [0, 0.1) is 0 Å². The number of aromatic nitrogens is 1. The summed E-state index contributed by atoms with van der Waals surface area (Å²) in [6.45, 7) is 8.06. The Bertz CT molecular complexity index is 552. The largest absolute Gasteiger partial charge is 0.439 e. The van der Waals surface area contributed by atoms with Crippen molar-refractivity contribution in [1.29, 1.82) is 0 Å². The van der Waals surface area contributed by atoms with Gasteiger partial charge in [0.05, 0.1) is 9.89 Å². The number of halogens is 1. The van der Waals surface area contributed by atoms with Crippen molar-refractivity contribution in [2.45, 2.75) is 38.6 Å². The van der Waals surface area contributed by atoms with Gasteiger partial charge in [-0.3, -0.25) is 0 Å². The third-order valence-electron chi connectivity index (χ3n) is 3.51. The van der Waals surface area contributed by atoms with Gasteiger partial charge in [0.15, 0.2) is 5.58 Å². The number of hydrogen-bond donors (Lipinski definition) is 1. The Labute approximate surface area is 110 Å². The molecule has 1 aromatic carbocycles. The maximum Gasteiger partial charge on any atom is 0.203 e. The molecule has 4 heteroatoms. The van der Waals surface area contributed by atoms with E-state index in [0.717, 1.165) is 15.6 Å². The fourth-order valence-electron chi connectivity index (χ4n) is 1.46. The minimum atomic E-state index is -0.402. The molecule has 92 valence electrons. The summed E-state index contributed by atoms with van der Waals surface area (Å²) in [5, 5.41) is 0. The zero-order valence-corrected chi connectivity index (χ0v) is 12.1. The molecule has 1 heterocycles. The summed E-state index contributed by atoms with van der Waals surface area (Å²) in [6, 6.07) is 5.82. The van der Waals surface area contributed by atoms with E-state index in [0.29, 0.717) is 5.89 Å². The Morgan fingerprint density at radius 1 is 1.24 bits per heavy atom. The summed E-state index contributed by atoms with van der Waals surface area (Å²) < 4.78 is 6.77. The fourth-order valence-corrected chi connectivity index (χ4v) is 1.90. The van der Waals surface area contributed by atoms with Gasteiger partial charge in [-0.1, -0.05) is 6.07 Å². The van der Waals surface area contributed by atoms with E-state index in [4.69, 9.17) is 10.2 Å². The van der Waals surface area contributed by atoms with Crippen LogP contribution in [0.3, 0.4) is 0 Å². The van der Waals surface area contributed by atoms with Crippen molar-refractivity contribution in [3.63, 3.8) is 0 Å². The first-order valence-electron chi connectivity index (χ1n) is 5.58. The summed E-state index contributed by atoms with van der Waals surface area (Å²) in [5.41, 5.74) is 7.09. The molecule has 2 N–H and O–H groups in total. The molecule has 0 saturated carbocycles. The van der Waals surface area contributed by atoms with E-state index in [1.807, 2.05) is 45.9 Å². The summed E-state index contributed by atoms with van der Waals surface area (Å²) in [5.74, 6) is 0.673. The van der Waals surface area contributed by atoms with Gasteiger partial charge < -0.3 is 10.2 Å². The number of hydrogen-bond acceptors (Lipinski definition) is 3. The van der Waals surface area contributed by atoms with Crippen LogP contribution < -0.4 is 5.73 Å². The van der Waals surface area contributed by atoms with Crippen molar-refractivity contribution >= 4 is 27.0 Å². The van der Waals surface area contributed by atoms with Gasteiger partial charge in [-0.05, 0) is 55.8 Å². The van der Waals surface area contributed by atoms with Crippen LogP contribution in [-0.2, 0) is 5.41 Å². The first-order chi connectivity index (χ1) is 7.73. The number of para-hydroxylation sites is 1.